The van der Waals surface area contributed by atoms with Gasteiger partial charge in [-0.05, 0) is 49.9 Å². The number of fused-ring (bicyclic) bond motifs is 1. The van der Waals surface area contributed by atoms with Crippen molar-refractivity contribution in [1.82, 2.24) is 0 Å². The highest BCUT2D eigenvalue weighted by molar-refractivity contribution is 5.20. The summed E-state index contributed by atoms with van der Waals surface area (Å²) in [4.78, 5) is 0. The number of hydrogen-bond acceptors (Lipinski definition) is 0. The van der Waals surface area contributed by atoms with Crippen LogP contribution < -0.4 is 0 Å². The molecule has 0 radical (unpaired) electrons. The van der Waals surface area contributed by atoms with E-state index in [9.17, 15) is 0 Å². The van der Waals surface area contributed by atoms with E-state index in [1.165, 1.54) is 38.5 Å². The molecular weight excluding hydrogens is 180 g/mol. The van der Waals surface area contributed by atoms with Crippen LogP contribution >= 0.6 is 0 Å². The lowest BCUT2D eigenvalue weighted by molar-refractivity contribution is 0.495. The smallest absolute Gasteiger partial charge is 0.0165 e. The van der Waals surface area contributed by atoms with Gasteiger partial charge in [-0.2, -0.15) is 0 Å². The van der Waals surface area contributed by atoms with Gasteiger partial charge < -0.3 is 0 Å². The predicted octanol–water partition coefficient (Wildman–Crippen LogP) is 4.73. The van der Waals surface area contributed by atoms with E-state index in [2.05, 4.69) is 32.1 Å². The van der Waals surface area contributed by atoms with Crippen molar-refractivity contribution in [3.63, 3.8) is 0 Å². The largest absolute Gasteiger partial charge is 0.0885 e. The van der Waals surface area contributed by atoms with E-state index in [1.54, 1.807) is 5.57 Å². The summed E-state index contributed by atoms with van der Waals surface area (Å²) in [6.45, 7) is 4.66. The first-order valence-corrected chi connectivity index (χ1v) is 6.69. The fourth-order valence-electron chi connectivity index (χ4n) is 3.28. The molecule has 0 saturated heterocycles. The van der Waals surface area contributed by atoms with Crippen molar-refractivity contribution < 1.29 is 0 Å². The second-order valence-corrected chi connectivity index (χ2v) is 5.21. The Bertz CT molecular complexity index is 259. The first kappa shape index (κ1) is 11.0. The lowest BCUT2D eigenvalue weighted by Gasteiger charge is -2.12. The van der Waals surface area contributed by atoms with Gasteiger partial charge in [0.05, 0.1) is 0 Å². The standard InChI is InChI=1S/C15H24/c1-3-4-8-13-11-14-9-6-5-7-10-15(14)12(13)2/h4,8,10,12-14H,3,5-7,9,11H2,1-2H3/b8-4-. The molecule has 84 valence electrons. The maximum atomic E-state index is 2.56. The van der Waals surface area contributed by atoms with Crippen molar-refractivity contribution >= 4 is 0 Å². The zero-order chi connectivity index (χ0) is 10.7. The molecule has 0 aromatic rings. The Morgan fingerprint density at radius 2 is 2.27 bits per heavy atom. The Morgan fingerprint density at radius 1 is 1.40 bits per heavy atom. The fourth-order valence-corrected chi connectivity index (χ4v) is 3.28. The molecule has 0 bridgehead atoms. The maximum Gasteiger partial charge on any atom is -0.0165 e. The van der Waals surface area contributed by atoms with E-state index in [0.717, 1.165) is 17.8 Å². The maximum absolute atomic E-state index is 2.56. The number of allylic oxidation sites excluding steroid dienone is 4. The van der Waals surface area contributed by atoms with Crippen LogP contribution in [0.3, 0.4) is 0 Å². The minimum atomic E-state index is 0.816. The van der Waals surface area contributed by atoms with Crippen LogP contribution in [0.2, 0.25) is 0 Å². The molecule has 0 nitrogen and oxygen atoms in total. The monoisotopic (exact) mass is 204 g/mol. The number of rotatable bonds is 2. The summed E-state index contributed by atoms with van der Waals surface area (Å²) in [7, 11) is 0. The van der Waals surface area contributed by atoms with Crippen LogP contribution in [-0.2, 0) is 0 Å². The molecular formula is C15H24. The van der Waals surface area contributed by atoms with Crippen molar-refractivity contribution in [3.05, 3.63) is 23.8 Å². The lowest BCUT2D eigenvalue weighted by Crippen LogP contribution is -2.01. The normalized spacial score (nSPS) is 36.4. The van der Waals surface area contributed by atoms with Crippen LogP contribution in [0, 0.1) is 17.8 Å². The first-order valence-electron chi connectivity index (χ1n) is 6.69. The Labute approximate surface area is 94.5 Å². The van der Waals surface area contributed by atoms with Crippen LogP contribution in [0.15, 0.2) is 23.8 Å². The van der Waals surface area contributed by atoms with Gasteiger partial charge in [0, 0.05) is 0 Å². The van der Waals surface area contributed by atoms with Gasteiger partial charge in [0.25, 0.3) is 0 Å². The molecule has 0 N–H and O–H groups in total. The second-order valence-electron chi connectivity index (χ2n) is 5.21. The molecule has 0 heterocycles. The summed E-state index contributed by atoms with van der Waals surface area (Å²) in [5.74, 6) is 2.57. The minimum Gasteiger partial charge on any atom is -0.0885 e. The van der Waals surface area contributed by atoms with Gasteiger partial charge in [0.2, 0.25) is 0 Å². The summed E-state index contributed by atoms with van der Waals surface area (Å²) < 4.78 is 0. The Morgan fingerprint density at radius 3 is 3.07 bits per heavy atom. The second kappa shape index (κ2) is 5.01. The summed E-state index contributed by atoms with van der Waals surface area (Å²) >= 11 is 0. The van der Waals surface area contributed by atoms with Crippen molar-refractivity contribution in [1.29, 1.82) is 0 Å². The molecule has 2 aliphatic carbocycles. The van der Waals surface area contributed by atoms with Crippen LogP contribution in [0.4, 0.5) is 0 Å². The average Bonchev–Trinajstić information content (AvgIpc) is 2.44. The molecule has 0 heteroatoms. The number of hydrogen-bond donors (Lipinski definition) is 0. The van der Waals surface area contributed by atoms with Gasteiger partial charge in [-0.25, -0.2) is 0 Å². The van der Waals surface area contributed by atoms with Crippen molar-refractivity contribution in [3.8, 4) is 0 Å². The lowest BCUT2D eigenvalue weighted by atomic mass is 9.93. The van der Waals surface area contributed by atoms with E-state index in [1.807, 2.05) is 0 Å². The molecule has 1 saturated carbocycles. The van der Waals surface area contributed by atoms with E-state index in [-0.39, 0.29) is 0 Å². The van der Waals surface area contributed by atoms with Gasteiger partial charge in [-0.3, -0.25) is 0 Å². The highest BCUT2D eigenvalue weighted by atomic mass is 14.4. The SMILES string of the molecule is CC/C=C\C1CC2CCCCC=C2C1C. The van der Waals surface area contributed by atoms with Crippen LogP contribution in [0.1, 0.15) is 52.4 Å². The molecule has 15 heavy (non-hydrogen) atoms. The topological polar surface area (TPSA) is 0 Å². The summed E-state index contributed by atoms with van der Waals surface area (Å²) in [6, 6.07) is 0. The van der Waals surface area contributed by atoms with Crippen molar-refractivity contribution in [2.24, 2.45) is 17.8 Å². The van der Waals surface area contributed by atoms with Gasteiger partial charge in [-0.15, -0.1) is 0 Å². The molecule has 3 atom stereocenters. The van der Waals surface area contributed by atoms with Gasteiger partial charge in [0.15, 0.2) is 0 Å². The quantitative estimate of drug-likeness (QED) is 0.571. The van der Waals surface area contributed by atoms with E-state index in [4.69, 9.17) is 0 Å². The molecule has 2 aliphatic rings. The molecule has 3 unspecified atom stereocenters. The molecule has 0 amide bonds. The van der Waals surface area contributed by atoms with Crippen molar-refractivity contribution in [2.45, 2.75) is 52.4 Å². The van der Waals surface area contributed by atoms with Gasteiger partial charge >= 0.3 is 0 Å². The van der Waals surface area contributed by atoms with Gasteiger partial charge in [0.1, 0.15) is 0 Å². The third kappa shape index (κ3) is 2.35. The highest BCUT2D eigenvalue weighted by Crippen LogP contribution is 2.45. The molecule has 1 fully saturated rings. The minimum absolute atomic E-state index is 0.816. The summed E-state index contributed by atoms with van der Waals surface area (Å²) in [5, 5.41) is 0. The van der Waals surface area contributed by atoms with Gasteiger partial charge in [-0.1, -0.05) is 44.1 Å². The third-order valence-corrected chi connectivity index (χ3v) is 4.20. The third-order valence-electron chi connectivity index (χ3n) is 4.20. The van der Waals surface area contributed by atoms with Crippen LogP contribution in [-0.4, -0.2) is 0 Å². The van der Waals surface area contributed by atoms with E-state index >= 15 is 0 Å². The predicted molar refractivity (Wildman–Crippen MR) is 66.7 cm³/mol. The van der Waals surface area contributed by atoms with Crippen LogP contribution in [0.25, 0.3) is 0 Å². The molecule has 2 rings (SSSR count). The average molecular weight is 204 g/mol. The molecule has 0 aromatic carbocycles. The Hall–Kier alpha value is -0.520. The highest BCUT2D eigenvalue weighted by Gasteiger charge is 2.34. The zero-order valence-electron chi connectivity index (χ0n) is 10.2. The first-order chi connectivity index (χ1) is 7.33. The molecule has 0 spiro atoms. The van der Waals surface area contributed by atoms with Crippen LogP contribution in [0.5, 0.6) is 0 Å². The van der Waals surface area contributed by atoms with Crippen molar-refractivity contribution in [2.75, 3.05) is 0 Å². The molecule has 0 aliphatic heterocycles. The summed E-state index contributed by atoms with van der Waals surface area (Å²) in [6.07, 6.45) is 15.6. The molecule has 0 aromatic heterocycles. The summed E-state index contributed by atoms with van der Waals surface area (Å²) in [5.41, 5.74) is 1.79. The Kier molecular flexibility index (Phi) is 3.66. The fraction of sp³-hybridized carbons (Fsp3) is 0.733. The van der Waals surface area contributed by atoms with E-state index < -0.39 is 0 Å². The zero-order valence-corrected chi connectivity index (χ0v) is 10.2. The van der Waals surface area contributed by atoms with E-state index in [0.29, 0.717) is 0 Å². The Balaban J connectivity index is 2.08.